The van der Waals surface area contributed by atoms with Gasteiger partial charge in [0.1, 0.15) is 44.1 Å². The summed E-state index contributed by atoms with van der Waals surface area (Å²) in [5, 5.41) is 28.2. The number of anilines is 1. The van der Waals surface area contributed by atoms with E-state index in [-0.39, 0.29) is 31.2 Å². The summed E-state index contributed by atoms with van der Waals surface area (Å²) in [6.45, 7) is -0.780. The summed E-state index contributed by atoms with van der Waals surface area (Å²) in [6, 6.07) is 5.38. The van der Waals surface area contributed by atoms with Gasteiger partial charge >= 0.3 is 17.9 Å². The zero-order valence-corrected chi connectivity index (χ0v) is 32.3. The number of aliphatic carboxylic acids is 3. The molecule has 3 aromatic rings. The summed E-state index contributed by atoms with van der Waals surface area (Å²) < 4.78 is 38.1. The number of carboxylic acid groups (broad SMARTS) is 3. The molecule has 2 amide bonds. The maximum atomic E-state index is 14.0. The number of methoxy groups -OCH3 is 1. The van der Waals surface area contributed by atoms with E-state index >= 15 is 0 Å². The summed E-state index contributed by atoms with van der Waals surface area (Å²) >= 11 is 3.00. The van der Waals surface area contributed by atoms with E-state index in [1.165, 1.54) is 18.9 Å². The van der Waals surface area contributed by atoms with Crippen molar-refractivity contribution in [2.45, 2.75) is 44.2 Å². The van der Waals surface area contributed by atoms with Crippen LogP contribution in [0.4, 0.5) is 10.5 Å². The van der Waals surface area contributed by atoms with Crippen LogP contribution in [0.15, 0.2) is 43.8 Å². The first-order valence-electron chi connectivity index (χ1n) is 15.6. The lowest BCUT2D eigenvalue weighted by molar-refractivity contribution is -0.140. The molecule has 2 aliphatic rings. The lowest BCUT2D eigenvalue weighted by atomic mass is 10.2. The molecule has 4 N–H and O–H groups in total. The number of unbranched alkanes of at least 4 members (excludes halogenated alkanes) is 1. The van der Waals surface area contributed by atoms with Gasteiger partial charge in [0, 0.05) is 17.5 Å². The van der Waals surface area contributed by atoms with Crippen LogP contribution in [0.2, 0.25) is 0 Å². The first-order valence-corrected chi connectivity index (χ1v) is 20.5. The minimum Gasteiger partial charge on any atom is -0.497 e. The predicted octanol–water partition coefficient (Wildman–Crippen LogP) is 1.17. The van der Waals surface area contributed by atoms with Gasteiger partial charge in [0.2, 0.25) is 0 Å². The number of carbonyl (C=O) groups excluding carboxylic acids is 2. The van der Waals surface area contributed by atoms with Gasteiger partial charge in [0.25, 0.3) is 32.4 Å². The Labute approximate surface area is 320 Å². The number of carbonyl (C=O) groups is 5. The quantitative estimate of drug-likeness (QED) is 0.131. The van der Waals surface area contributed by atoms with Crippen molar-refractivity contribution in [1.29, 1.82) is 0 Å². The predicted molar refractivity (Wildman–Crippen MR) is 199 cm³/mol. The third kappa shape index (κ3) is 8.65. The van der Waals surface area contributed by atoms with E-state index in [1.54, 1.807) is 25.1 Å². The van der Waals surface area contributed by atoms with Crippen LogP contribution in [-0.4, -0.2) is 97.3 Å². The molecule has 0 spiro atoms. The maximum absolute atomic E-state index is 14.0. The Morgan fingerprint density at radius 1 is 0.852 bits per heavy atom. The van der Waals surface area contributed by atoms with Crippen molar-refractivity contribution in [3.8, 4) is 5.75 Å². The molecule has 0 radical (unpaired) electrons. The van der Waals surface area contributed by atoms with E-state index in [4.69, 9.17) is 9.84 Å². The number of rotatable bonds is 14. The average molecular weight is 843 g/mol. The molecule has 4 heterocycles. The second-order valence-electron chi connectivity index (χ2n) is 11.5. The minimum absolute atomic E-state index is 0.0580. The Balaban J connectivity index is 1.77. The molecular formula is C31H30N4O14S5. The second kappa shape index (κ2) is 16.4. The van der Waals surface area contributed by atoms with Gasteiger partial charge in [-0.2, -0.15) is 8.42 Å². The molecule has 1 saturated heterocycles. The summed E-state index contributed by atoms with van der Waals surface area (Å²) in [4.78, 5) is 91.3. The second-order valence-corrected chi connectivity index (χ2v) is 17.1. The van der Waals surface area contributed by atoms with E-state index < -0.39 is 80.6 Å². The molecular weight excluding hydrogens is 813 g/mol. The van der Waals surface area contributed by atoms with Crippen LogP contribution in [0, 0.1) is 9.20 Å². The Hall–Kier alpha value is -4.68. The smallest absolute Gasteiger partial charge is 0.323 e. The Kier molecular flexibility index (Phi) is 12.3. The number of thioether (sulfide) groups is 2. The van der Waals surface area contributed by atoms with E-state index in [0.717, 1.165) is 26.5 Å². The third-order valence-electron chi connectivity index (χ3n) is 7.83. The van der Waals surface area contributed by atoms with Crippen LogP contribution >= 0.6 is 46.2 Å². The highest BCUT2D eigenvalue weighted by molar-refractivity contribution is 8.23. The fourth-order valence-corrected chi connectivity index (χ4v) is 10.7. The first kappa shape index (κ1) is 40.5. The molecule has 18 nitrogen and oxygen atoms in total. The molecule has 23 heteroatoms. The highest BCUT2D eigenvalue weighted by Gasteiger charge is 2.38. The molecule has 0 bridgehead atoms. The monoisotopic (exact) mass is 842 g/mol. The molecule has 5 rings (SSSR count). The Morgan fingerprint density at radius 2 is 1.50 bits per heavy atom. The molecule has 2 aliphatic heterocycles. The van der Waals surface area contributed by atoms with Gasteiger partial charge in [0.05, 0.1) is 28.1 Å². The average Bonchev–Trinajstić information content (AvgIpc) is 3.78. The van der Waals surface area contributed by atoms with E-state index in [9.17, 15) is 56.7 Å². The largest absolute Gasteiger partial charge is 0.497 e. The van der Waals surface area contributed by atoms with Gasteiger partial charge in [-0.1, -0.05) is 18.7 Å². The van der Waals surface area contributed by atoms with Crippen molar-refractivity contribution in [1.82, 2.24) is 14.0 Å². The zero-order chi connectivity index (χ0) is 39.6. The van der Waals surface area contributed by atoms with Gasteiger partial charge in [0.15, 0.2) is 0 Å². The van der Waals surface area contributed by atoms with Crippen LogP contribution in [0.25, 0.3) is 10.5 Å². The minimum atomic E-state index is -4.18. The van der Waals surface area contributed by atoms with Crippen LogP contribution in [-0.2, 0) is 42.4 Å². The van der Waals surface area contributed by atoms with Crippen LogP contribution in [0.5, 0.6) is 5.75 Å². The van der Waals surface area contributed by atoms with Crippen molar-refractivity contribution < 1.29 is 57.0 Å². The molecule has 0 saturated carbocycles. The summed E-state index contributed by atoms with van der Waals surface area (Å²) in [6.07, 6.45) is 2.47. The first-order chi connectivity index (χ1) is 25.4. The van der Waals surface area contributed by atoms with Gasteiger partial charge in [-0.05, 0) is 54.8 Å². The number of allylic oxidation sites excluding steroid dienone is 1. The number of imide groups is 1. The van der Waals surface area contributed by atoms with E-state index in [2.05, 4.69) is 0 Å². The molecule has 1 aromatic carbocycles. The molecule has 0 atom stereocenters. The third-order valence-corrected chi connectivity index (χ3v) is 13.4. The Bertz CT molecular complexity index is 2590. The number of carboxylic acids is 3. The molecule has 54 heavy (non-hydrogen) atoms. The standard InChI is InChI=1S/C31H30N4O14S5/c1-3-15(10-19-32(8-4-5-9-54(46,47)48)17-11-16(49-2)6-7-18(17)50-19)23-26(42)33(12-20(36)37)29(51-23)24-27(43)34(13-21(38)39)30(52-24)25-28(44)35(14-22(40)41)31(45)53-25/h6-7,10-11H,3-5,8-9,12-14H2,1-2H3,(H,36,37)(H,38,39)(H,40,41)(H,46,47,48)/b19-10?,23-15+,29-24+,30-25+. The zero-order valence-electron chi connectivity index (χ0n) is 28.2. The summed E-state index contributed by atoms with van der Waals surface area (Å²) in [5.74, 6) is -5.37. The highest BCUT2D eigenvalue weighted by atomic mass is 32.2. The van der Waals surface area contributed by atoms with Crippen LogP contribution < -0.4 is 30.0 Å². The van der Waals surface area contributed by atoms with Gasteiger partial charge in [-0.25, -0.2) is 0 Å². The van der Waals surface area contributed by atoms with Gasteiger partial charge in [-0.15, -0.1) is 22.7 Å². The van der Waals surface area contributed by atoms with Crippen molar-refractivity contribution in [3.63, 3.8) is 0 Å². The molecule has 0 aliphatic carbocycles. The van der Waals surface area contributed by atoms with E-state index in [0.29, 0.717) is 61.9 Å². The number of nitrogens with zero attached hydrogens (tertiary/aromatic N) is 4. The van der Waals surface area contributed by atoms with Crippen molar-refractivity contribution in [3.05, 3.63) is 68.4 Å². The number of amides is 2. The van der Waals surface area contributed by atoms with Crippen LogP contribution in [0.3, 0.4) is 0 Å². The fourth-order valence-electron chi connectivity index (χ4n) is 5.43. The van der Waals surface area contributed by atoms with Crippen molar-refractivity contribution >= 4 is 102 Å². The van der Waals surface area contributed by atoms with Crippen molar-refractivity contribution in [2.24, 2.45) is 0 Å². The lowest BCUT2D eigenvalue weighted by Crippen LogP contribution is -2.35. The van der Waals surface area contributed by atoms with Crippen LogP contribution in [0.1, 0.15) is 26.2 Å². The molecule has 2 aromatic heterocycles. The topological polar surface area (TPSA) is 260 Å². The molecule has 288 valence electrons. The number of aromatic nitrogens is 2. The SMILES string of the molecule is CC/C(C=C1Sc2ccc(OC)cc2N1CCCCS(=O)(=O)O)=c1\s/c(=c2/s/c(=C3/SC(=O)N(CC(=O)O)C3=O)n(CC(=O)O)c2=O)n(CC(=O)O)c1=O. The number of fused-ring (bicyclic) bond motifs is 1. The normalized spacial score (nSPS) is 17.4. The number of thiazole rings is 2. The summed E-state index contributed by atoms with van der Waals surface area (Å²) in [7, 11) is -2.68. The molecule has 0 unspecified atom stereocenters. The molecule has 1 fully saturated rings. The lowest BCUT2D eigenvalue weighted by Gasteiger charge is -2.21. The summed E-state index contributed by atoms with van der Waals surface area (Å²) in [5.41, 5.74) is -0.578. The number of benzene rings is 1. The van der Waals surface area contributed by atoms with Crippen molar-refractivity contribution in [2.75, 3.05) is 30.9 Å². The van der Waals surface area contributed by atoms with Gasteiger partial charge in [-0.3, -0.25) is 52.1 Å². The maximum Gasteiger partial charge on any atom is 0.323 e. The van der Waals surface area contributed by atoms with E-state index in [1.807, 2.05) is 11.0 Å². The number of ether oxygens (including phenoxy) is 1. The van der Waals surface area contributed by atoms with Gasteiger partial charge < -0.3 is 25.0 Å². The number of hydrogen-bond donors (Lipinski definition) is 4. The number of hydrogen-bond acceptors (Lipinski definition) is 15. The highest BCUT2D eigenvalue weighted by Crippen LogP contribution is 2.48. The Morgan fingerprint density at radius 3 is 2.09 bits per heavy atom. The fraction of sp³-hybridized carbons (Fsp3) is 0.323.